The maximum Gasteiger partial charge on any atom is 0.350 e. The van der Waals surface area contributed by atoms with Crippen LogP contribution in [-0.2, 0) is 0 Å². The Labute approximate surface area is 114 Å². The Hall–Kier alpha value is -1.29. The van der Waals surface area contributed by atoms with Crippen LogP contribution < -0.4 is 10.5 Å². The van der Waals surface area contributed by atoms with Gasteiger partial charge in [0.25, 0.3) is 0 Å². The molecule has 1 saturated heterocycles. The van der Waals surface area contributed by atoms with Crippen molar-refractivity contribution in [2.75, 3.05) is 18.0 Å². The van der Waals surface area contributed by atoms with Crippen molar-refractivity contribution in [3.63, 3.8) is 0 Å². The molecule has 1 aliphatic rings. The van der Waals surface area contributed by atoms with Crippen LogP contribution in [0, 0.1) is 0 Å². The van der Waals surface area contributed by atoms with Gasteiger partial charge < -0.3 is 9.32 Å². The molecule has 2 aromatic rings. The zero-order valence-electron chi connectivity index (χ0n) is 9.99. The third-order valence-corrected chi connectivity index (χ3v) is 3.95. The van der Waals surface area contributed by atoms with Gasteiger partial charge in [0.15, 0.2) is 0 Å². The highest BCUT2D eigenvalue weighted by atomic mass is 79.9. The van der Waals surface area contributed by atoms with Gasteiger partial charge in [0.2, 0.25) is 0 Å². The largest absolute Gasteiger partial charge is 0.422 e. The quantitative estimate of drug-likeness (QED) is 0.756. The van der Waals surface area contributed by atoms with Gasteiger partial charge in [-0.3, -0.25) is 0 Å². The van der Waals surface area contributed by atoms with Crippen LogP contribution in [0.25, 0.3) is 11.0 Å². The highest BCUT2D eigenvalue weighted by molar-refractivity contribution is 9.10. The molecule has 1 aromatic carbocycles. The lowest BCUT2D eigenvalue weighted by atomic mass is 10.1. The van der Waals surface area contributed by atoms with Gasteiger partial charge in [-0.25, -0.2) is 4.79 Å². The molecule has 4 heteroatoms. The maximum absolute atomic E-state index is 11.5. The van der Waals surface area contributed by atoms with E-state index >= 15 is 0 Å². The first kappa shape index (κ1) is 11.8. The number of halogens is 1. The number of benzene rings is 1. The maximum atomic E-state index is 11.5. The first-order chi connectivity index (χ1) is 8.74. The van der Waals surface area contributed by atoms with Crippen LogP contribution in [0.15, 0.2) is 37.9 Å². The number of piperidine rings is 1. The lowest BCUT2D eigenvalue weighted by Gasteiger charge is -2.28. The molecule has 0 bridgehead atoms. The van der Waals surface area contributed by atoms with E-state index in [4.69, 9.17) is 4.42 Å². The molecule has 0 atom stereocenters. The Kier molecular flexibility index (Phi) is 3.12. The predicted molar refractivity (Wildman–Crippen MR) is 76.2 cm³/mol. The zero-order valence-corrected chi connectivity index (χ0v) is 11.6. The minimum atomic E-state index is -0.321. The molecule has 0 spiro atoms. The molecule has 18 heavy (non-hydrogen) atoms. The molecule has 0 radical (unpaired) electrons. The smallest absolute Gasteiger partial charge is 0.350 e. The topological polar surface area (TPSA) is 33.5 Å². The minimum absolute atomic E-state index is 0.321. The molecule has 2 heterocycles. The summed E-state index contributed by atoms with van der Waals surface area (Å²) in [4.78, 5) is 13.8. The standard InChI is InChI=1S/C14H14BrNO2/c15-12-8-10-4-5-11(9-13(10)18-14(12)17)16-6-2-1-3-7-16/h4-5,8-9H,1-3,6-7H2. The van der Waals surface area contributed by atoms with Gasteiger partial charge in [-0.1, -0.05) is 0 Å². The Morgan fingerprint density at radius 3 is 2.67 bits per heavy atom. The van der Waals surface area contributed by atoms with Crippen molar-refractivity contribution in [2.45, 2.75) is 19.3 Å². The molecular weight excluding hydrogens is 294 g/mol. The van der Waals surface area contributed by atoms with Crippen molar-refractivity contribution in [1.82, 2.24) is 0 Å². The second kappa shape index (κ2) is 4.76. The zero-order chi connectivity index (χ0) is 12.5. The second-order valence-electron chi connectivity index (χ2n) is 4.65. The van der Waals surface area contributed by atoms with Gasteiger partial charge in [-0.05, 0) is 53.4 Å². The summed E-state index contributed by atoms with van der Waals surface area (Å²) in [5, 5.41) is 0.947. The number of anilines is 1. The van der Waals surface area contributed by atoms with Gasteiger partial charge in [-0.15, -0.1) is 0 Å². The summed E-state index contributed by atoms with van der Waals surface area (Å²) in [7, 11) is 0. The molecular formula is C14H14BrNO2. The van der Waals surface area contributed by atoms with Gasteiger partial charge >= 0.3 is 5.63 Å². The molecule has 0 N–H and O–H groups in total. The SMILES string of the molecule is O=c1oc2cc(N3CCCCC3)ccc2cc1Br. The summed E-state index contributed by atoms with van der Waals surface area (Å²) >= 11 is 3.19. The van der Waals surface area contributed by atoms with E-state index < -0.39 is 0 Å². The molecule has 94 valence electrons. The average Bonchev–Trinajstić information content (AvgIpc) is 2.41. The molecule has 1 fully saturated rings. The first-order valence-electron chi connectivity index (χ1n) is 6.22. The monoisotopic (exact) mass is 307 g/mol. The van der Waals surface area contributed by atoms with Crippen molar-refractivity contribution < 1.29 is 4.42 Å². The van der Waals surface area contributed by atoms with Gasteiger partial charge in [0, 0.05) is 30.2 Å². The molecule has 0 amide bonds. The normalized spacial score (nSPS) is 16.2. The fraction of sp³-hybridized carbons (Fsp3) is 0.357. The van der Waals surface area contributed by atoms with Crippen molar-refractivity contribution in [3.05, 3.63) is 39.2 Å². The van der Waals surface area contributed by atoms with Crippen LogP contribution in [-0.4, -0.2) is 13.1 Å². The summed E-state index contributed by atoms with van der Waals surface area (Å²) < 4.78 is 5.77. The van der Waals surface area contributed by atoms with Crippen molar-refractivity contribution in [2.24, 2.45) is 0 Å². The number of fused-ring (bicyclic) bond motifs is 1. The third-order valence-electron chi connectivity index (χ3n) is 3.40. The lowest BCUT2D eigenvalue weighted by molar-refractivity contribution is 0.554. The molecule has 1 aromatic heterocycles. The predicted octanol–water partition coefficient (Wildman–Crippen LogP) is 3.55. The fourth-order valence-corrected chi connectivity index (χ4v) is 2.75. The van der Waals surface area contributed by atoms with E-state index in [1.165, 1.54) is 19.3 Å². The van der Waals surface area contributed by atoms with Crippen LogP contribution >= 0.6 is 15.9 Å². The van der Waals surface area contributed by atoms with Gasteiger partial charge in [0.1, 0.15) is 10.1 Å². The average molecular weight is 308 g/mol. The van der Waals surface area contributed by atoms with E-state index in [9.17, 15) is 4.79 Å². The molecule has 1 aliphatic heterocycles. The van der Waals surface area contributed by atoms with Crippen molar-refractivity contribution in [3.8, 4) is 0 Å². The highest BCUT2D eigenvalue weighted by Crippen LogP contribution is 2.25. The number of hydrogen-bond acceptors (Lipinski definition) is 3. The van der Waals surface area contributed by atoms with E-state index in [0.29, 0.717) is 10.1 Å². The van der Waals surface area contributed by atoms with Crippen LogP contribution in [0.5, 0.6) is 0 Å². The Morgan fingerprint density at radius 2 is 1.89 bits per heavy atom. The van der Waals surface area contributed by atoms with Crippen molar-refractivity contribution in [1.29, 1.82) is 0 Å². The van der Waals surface area contributed by atoms with Crippen LogP contribution in [0.1, 0.15) is 19.3 Å². The summed E-state index contributed by atoms with van der Waals surface area (Å²) in [6.07, 6.45) is 3.79. The summed E-state index contributed by atoms with van der Waals surface area (Å²) in [6.45, 7) is 2.18. The molecule has 3 rings (SSSR count). The van der Waals surface area contributed by atoms with E-state index in [0.717, 1.165) is 24.2 Å². The minimum Gasteiger partial charge on any atom is -0.422 e. The molecule has 0 aliphatic carbocycles. The summed E-state index contributed by atoms with van der Waals surface area (Å²) in [6, 6.07) is 7.88. The Morgan fingerprint density at radius 1 is 1.11 bits per heavy atom. The second-order valence-corrected chi connectivity index (χ2v) is 5.51. The number of rotatable bonds is 1. The van der Waals surface area contributed by atoms with Crippen LogP contribution in [0.2, 0.25) is 0 Å². The summed E-state index contributed by atoms with van der Waals surface area (Å²) in [5.74, 6) is 0. The Balaban J connectivity index is 2.04. The highest BCUT2D eigenvalue weighted by Gasteiger charge is 2.12. The van der Waals surface area contributed by atoms with E-state index in [1.807, 2.05) is 12.1 Å². The van der Waals surface area contributed by atoms with E-state index in [1.54, 1.807) is 6.07 Å². The lowest BCUT2D eigenvalue weighted by Crippen LogP contribution is -2.29. The van der Waals surface area contributed by atoms with E-state index in [2.05, 4.69) is 26.9 Å². The third kappa shape index (κ3) is 2.17. The number of hydrogen-bond donors (Lipinski definition) is 0. The molecule has 0 saturated carbocycles. The fourth-order valence-electron chi connectivity index (χ4n) is 2.42. The van der Waals surface area contributed by atoms with Crippen LogP contribution in [0.3, 0.4) is 0 Å². The van der Waals surface area contributed by atoms with Gasteiger partial charge in [-0.2, -0.15) is 0 Å². The first-order valence-corrected chi connectivity index (χ1v) is 7.02. The van der Waals surface area contributed by atoms with Crippen molar-refractivity contribution >= 4 is 32.6 Å². The van der Waals surface area contributed by atoms with E-state index in [-0.39, 0.29) is 5.63 Å². The molecule has 0 unspecified atom stereocenters. The van der Waals surface area contributed by atoms with Crippen LogP contribution in [0.4, 0.5) is 5.69 Å². The number of nitrogens with zero attached hydrogens (tertiary/aromatic N) is 1. The summed E-state index contributed by atoms with van der Waals surface area (Å²) in [5.41, 5.74) is 1.48. The van der Waals surface area contributed by atoms with Gasteiger partial charge in [0.05, 0.1) is 0 Å². The Bertz CT molecular complexity index is 629. The molecule has 3 nitrogen and oxygen atoms in total.